The standard InChI is InChI=1S/C43H72N2O6/c1-9-48-37(39(5,6)47)29-21-26(2)34-35(50-29)36(46)41(8)31-14-13-30-38(3,4)32(15-16-42(30)25-43(31,42)18-17-40(34,41)7)51-33-24-44(19-20-49-33)28-22-45(23-28)27-11-10-12-27/h26-37,46-47H,9-25H2,1-8H3/t26-,29?,30+,31?,32+,33+,34+,35?,36+,37+,40-,41-,42?,43?/m1/s1. The van der Waals surface area contributed by atoms with Crippen LogP contribution in [0.15, 0.2) is 0 Å². The van der Waals surface area contributed by atoms with E-state index in [9.17, 15) is 10.2 Å². The molecule has 290 valence electrons. The van der Waals surface area contributed by atoms with E-state index in [1.165, 1.54) is 70.9 Å². The minimum absolute atomic E-state index is 0.0270. The van der Waals surface area contributed by atoms with Crippen LogP contribution in [0.3, 0.4) is 0 Å². The Morgan fingerprint density at radius 1 is 0.902 bits per heavy atom. The van der Waals surface area contributed by atoms with Gasteiger partial charge < -0.3 is 29.2 Å². The molecule has 6 saturated carbocycles. The first-order valence-electron chi connectivity index (χ1n) is 21.5. The second-order valence-corrected chi connectivity index (χ2v) is 21.2. The van der Waals surface area contributed by atoms with E-state index in [0.29, 0.717) is 47.2 Å². The maximum Gasteiger partial charge on any atom is 0.170 e. The van der Waals surface area contributed by atoms with Gasteiger partial charge in [0.05, 0.1) is 36.6 Å². The Balaban J connectivity index is 0.906. The normalized spacial score (nSPS) is 52.0. The van der Waals surface area contributed by atoms with Crippen molar-refractivity contribution >= 4 is 0 Å². The molecule has 6 aliphatic carbocycles. The summed E-state index contributed by atoms with van der Waals surface area (Å²) in [6.07, 6.45) is 12.5. The van der Waals surface area contributed by atoms with Gasteiger partial charge in [0.2, 0.25) is 0 Å². The lowest BCUT2D eigenvalue weighted by Crippen LogP contribution is -2.66. The highest BCUT2D eigenvalue weighted by atomic mass is 16.7. The van der Waals surface area contributed by atoms with Crippen LogP contribution in [0.4, 0.5) is 0 Å². The summed E-state index contributed by atoms with van der Waals surface area (Å²) in [4.78, 5) is 5.37. The molecule has 2 N–H and O–H groups in total. The summed E-state index contributed by atoms with van der Waals surface area (Å²) in [5.41, 5.74) is -0.399. The summed E-state index contributed by atoms with van der Waals surface area (Å²) < 4.78 is 26.5. The van der Waals surface area contributed by atoms with Crippen LogP contribution in [0.2, 0.25) is 0 Å². The van der Waals surface area contributed by atoms with Crippen molar-refractivity contribution in [2.75, 3.05) is 39.4 Å². The molecule has 2 spiro atoms. The Labute approximate surface area is 309 Å². The number of morpholine rings is 1. The number of ether oxygens (including phenoxy) is 4. The third-order valence-electron chi connectivity index (χ3n) is 18.5. The van der Waals surface area contributed by atoms with Crippen LogP contribution in [0, 0.1) is 50.7 Å². The molecule has 3 aliphatic heterocycles. The van der Waals surface area contributed by atoms with Gasteiger partial charge in [0.1, 0.15) is 6.10 Å². The number of nitrogens with zero attached hydrogens (tertiary/aromatic N) is 2. The Morgan fingerprint density at radius 2 is 1.63 bits per heavy atom. The van der Waals surface area contributed by atoms with Crippen molar-refractivity contribution < 1.29 is 29.2 Å². The lowest BCUT2D eigenvalue weighted by molar-refractivity contribution is -0.254. The van der Waals surface area contributed by atoms with Crippen molar-refractivity contribution in [3.05, 3.63) is 0 Å². The molecule has 0 aromatic heterocycles. The van der Waals surface area contributed by atoms with E-state index in [-0.39, 0.29) is 40.8 Å². The Bertz CT molecular complexity index is 1330. The molecule has 0 amide bonds. The highest BCUT2D eigenvalue weighted by Gasteiger charge is 2.84. The van der Waals surface area contributed by atoms with Crippen LogP contribution in [-0.4, -0.2) is 114 Å². The van der Waals surface area contributed by atoms with Crippen LogP contribution in [0.1, 0.15) is 126 Å². The molecule has 9 fully saturated rings. The number of rotatable bonds is 8. The average molecular weight is 713 g/mol. The number of hydrogen-bond donors (Lipinski definition) is 2. The van der Waals surface area contributed by atoms with Crippen LogP contribution < -0.4 is 0 Å². The molecule has 51 heavy (non-hydrogen) atoms. The van der Waals surface area contributed by atoms with Gasteiger partial charge in [0, 0.05) is 50.3 Å². The highest BCUT2D eigenvalue weighted by Crippen LogP contribution is 2.89. The predicted molar refractivity (Wildman–Crippen MR) is 197 cm³/mol. The molecule has 0 radical (unpaired) electrons. The molecular weight excluding hydrogens is 640 g/mol. The zero-order valence-electron chi connectivity index (χ0n) is 33.4. The van der Waals surface area contributed by atoms with Crippen molar-refractivity contribution in [1.29, 1.82) is 0 Å². The van der Waals surface area contributed by atoms with Crippen molar-refractivity contribution in [3.63, 3.8) is 0 Å². The van der Waals surface area contributed by atoms with Crippen LogP contribution in [0.25, 0.3) is 0 Å². The number of fused-ring (bicyclic) bond motifs is 4. The summed E-state index contributed by atoms with van der Waals surface area (Å²) in [5, 5.41) is 23.8. The fourth-order valence-corrected chi connectivity index (χ4v) is 15.7. The van der Waals surface area contributed by atoms with E-state index in [1.54, 1.807) is 0 Å². The molecular formula is C43H72N2O6. The monoisotopic (exact) mass is 713 g/mol. The smallest absolute Gasteiger partial charge is 0.170 e. The highest BCUT2D eigenvalue weighted by molar-refractivity contribution is 5.33. The molecule has 9 aliphatic rings. The summed E-state index contributed by atoms with van der Waals surface area (Å²) >= 11 is 0. The molecule has 14 atom stereocenters. The summed E-state index contributed by atoms with van der Waals surface area (Å²) in [6, 6.07) is 1.53. The Kier molecular flexibility index (Phi) is 8.61. The van der Waals surface area contributed by atoms with Gasteiger partial charge in [-0.25, -0.2) is 0 Å². The third-order valence-corrected chi connectivity index (χ3v) is 18.5. The zero-order valence-corrected chi connectivity index (χ0v) is 33.4. The first-order chi connectivity index (χ1) is 24.1. The maximum atomic E-state index is 12.7. The quantitative estimate of drug-likeness (QED) is 0.306. The largest absolute Gasteiger partial charge is 0.390 e. The van der Waals surface area contributed by atoms with Gasteiger partial charge in [-0.15, -0.1) is 0 Å². The van der Waals surface area contributed by atoms with Gasteiger partial charge in [0.15, 0.2) is 6.29 Å². The molecule has 0 aromatic rings. The molecule has 0 aromatic carbocycles. The summed E-state index contributed by atoms with van der Waals surface area (Å²) in [7, 11) is 0. The van der Waals surface area contributed by atoms with Crippen molar-refractivity contribution in [1.82, 2.24) is 9.80 Å². The second-order valence-electron chi connectivity index (χ2n) is 21.2. The summed E-state index contributed by atoms with van der Waals surface area (Å²) in [5.74, 6) is 1.88. The molecule has 5 unspecified atom stereocenters. The van der Waals surface area contributed by atoms with Gasteiger partial charge in [-0.05, 0) is 130 Å². The van der Waals surface area contributed by atoms with Gasteiger partial charge >= 0.3 is 0 Å². The average Bonchev–Trinajstić information content (AvgIpc) is 3.66. The molecule has 9 rings (SSSR count). The predicted octanol–water partition coefficient (Wildman–Crippen LogP) is 6.26. The van der Waals surface area contributed by atoms with Gasteiger partial charge in [0.25, 0.3) is 0 Å². The van der Waals surface area contributed by atoms with E-state index in [0.717, 1.165) is 38.6 Å². The number of likely N-dealkylation sites (tertiary alicyclic amines) is 1. The van der Waals surface area contributed by atoms with E-state index < -0.39 is 17.8 Å². The van der Waals surface area contributed by atoms with Crippen molar-refractivity contribution in [2.45, 2.75) is 181 Å². The summed E-state index contributed by atoms with van der Waals surface area (Å²) in [6.45, 7) is 23.9. The second kappa shape index (κ2) is 12.1. The van der Waals surface area contributed by atoms with Gasteiger partial charge in [-0.2, -0.15) is 0 Å². The van der Waals surface area contributed by atoms with Crippen LogP contribution in [0.5, 0.6) is 0 Å². The lowest BCUT2D eigenvalue weighted by atomic mass is 9.41. The molecule has 3 saturated heterocycles. The van der Waals surface area contributed by atoms with Crippen LogP contribution in [-0.2, 0) is 18.9 Å². The first-order valence-corrected chi connectivity index (χ1v) is 21.5. The van der Waals surface area contributed by atoms with Crippen molar-refractivity contribution in [3.8, 4) is 0 Å². The van der Waals surface area contributed by atoms with Gasteiger partial charge in [-0.1, -0.05) is 41.0 Å². The first kappa shape index (κ1) is 36.3. The SMILES string of the molecule is CCO[C@@H](C1C[C@@H](C)[C@H]2C(O1)[C@H](O)[C@@]1(C)C3CC[C@H]4C(C)(C)[C@@H](O[C@H]5CN(C6CN(C7CCC7)C6)CCO5)CCC45CC35CC[C@]21C)C(C)(C)O. The third kappa shape index (κ3) is 4.97. The number of aliphatic hydroxyl groups is 2. The number of hydrogen-bond acceptors (Lipinski definition) is 8. The van der Waals surface area contributed by atoms with Gasteiger partial charge in [-0.3, -0.25) is 9.80 Å². The number of aliphatic hydroxyl groups excluding tert-OH is 1. The molecule has 3 heterocycles. The lowest BCUT2D eigenvalue weighted by Gasteiger charge is -2.64. The topological polar surface area (TPSA) is 83.9 Å². The van der Waals surface area contributed by atoms with Crippen LogP contribution >= 0.6 is 0 Å². The maximum absolute atomic E-state index is 12.7. The fourth-order valence-electron chi connectivity index (χ4n) is 15.7. The Morgan fingerprint density at radius 3 is 2.31 bits per heavy atom. The minimum atomic E-state index is -1.01. The fraction of sp³-hybridized carbons (Fsp3) is 1.00. The molecule has 0 bridgehead atoms. The van der Waals surface area contributed by atoms with E-state index >= 15 is 0 Å². The Hall–Kier alpha value is -0.320. The molecule has 8 heteroatoms. The zero-order chi connectivity index (χ0) is 35.9. The van der Waals surface area contributed by atoms with E-state index in [4.69, 9.17) is 18.9 Å². The van der Waals surface area contributed by atoms with E-state index in [2.05, 4.69) is 44.4 Å². The molecule has 8 nitrogen and oxygen atoms in total. The van der Waals surface area contributed by atoms with E-state index in [1.807, 2.05) is 20.8 Å². The van der Waals surface area contributed by atoms with Crippen molar-refractivity contribution in [2.24, 2.45) is 50.7 Å². The minimum Gasteiger partial charge on any atom is -0.390 e.